The van der Waals surface area contributed by atoms with Gasteiger partial charge in [0.2, 0.25) is 0 Å². The van der Waals surface area contributed by atoms with Crippen LogP contribution >= 0.6 is 23.1 Å². The zero-order valence-corrected chi connectivity index (χ0v) is 11.9. The highest BCUT2D eigenvalue weighted by Crippen LogP contribution is 2.24. The molecule has 0 fully saturated rings. The van der Waals surface area contributed by atoms with Crippen LogP contribution in [0.4, 0.5) is 5.69 Å². The van der Waals surface area contributed by atoms with Gasteiger partial charge in [-0.2, -0.15) is 0 Å². The molecule has 0 aliphatic heterocycles. The van der Waals surface area contributed by atoms with E-state index in [4.69, 9.17) is 22.5 Å². The second kappa shape index (κ2) is 5.85. The predicted octanol–water partition coefficient (Wildman–Crippen LogP) is 1.85. The lowest BCUT2D eigenvalue weighted by atomic mass is 10.2. The van der Waals surface area contributed by atoms with Gasteiger partial charge in [-0.1, -0.05) is 21.2 Å². The molecule has 0 aliphatic rings. The summed E-state index contributed by atoms with van der Waals surface area (Å²) >= 11 is 7.05. The monoisotopic (exact) mass is 311 g/mol. The van der Waals surface area contributed by atoms with Crippen LogP contribution in [0, 0.1) is 6.92 Å². The fourth-order valence-corrected chi connectivity index (χ4v) is 2.23. The van der Waals surface area contributed by atoms with E-state index in [1.807, 2.05) is 0 Å². The standard InChI is InChI=1S/C11H10ClN5O2S/c1-5-9(20-17-15-5)11(18)14-8-3-2-6(4-7(8)12)10(13)16-19/h2-4,19H,1H3,(H2,13,16)(H,14,18). The van der Waals surface area contributed by atoms with Crippen molar-refractivity contribution in [3.8, 4) is 0 Å². The summed E-state index contributed by atoms with van der Waals surface area (Å²) < 4.78 is 3.69. The van der Waals surface area contributed by atoms with E-state index in [0.29, 0.717) is 21.8 Å². The number of benzene rings is 1. The second-order valence-corrected chi connectivity index (χ2v) is 4.98. The molecule has 0 spiro atoms. The Morgan fingerprint density at radius 2 is 2.30 bits per heavy atom. The van der Waals surface area contributed by atoms with Gasteiger partial charge in [0.05, 0.1) is 16.4 Å². The number of aromatic nitrogens is 2. The number of carbonyl (C=O) groups excluding carboxylic acids is 1. The van der Waals surface area contributed by atoms with Crippen LogP contribution in [0.1, 0.15) is 20.9 Å². The Morgan fingerprint density at radius 3 is 2.85 bits per heavy atom. The average Bonchev–Trinajstić information content (AvgIpc) is 2.86. The van der Waals surface area contributed by atoms with Crippen LogP contribution in [0.25, 0.3) is 0 Å². The highest BCUT2D eigenvalue weighted by atomic mass is 35.5. The minimum atomic E-state index is -0.337. The first-order chi connectivity index (χ1) is 9.52. The molecule has 2 aromatic rings. The number of nitrogens with one attached hydrogen (secondary N) is 1. The number of anilines is 1. The Kier molecular flexibility index (Phi) is 4.16. The predicted molar refractivity (Wildman–Crippen MR) is 76.6 cm³/mol. The normalized spacial score (nSPS) is 11.4. The van der Waals surface area contributed by atoms with E-state index in [1.54, 1.807) is 19.1 Å². The first-order valence-electron chi connectivity index (χ1n) is 5.40. The minimum Gasteiger partial charge on any atom is -0.409 e. The van der Waals surface area contributed by atoms with E-state index in [-0.39, 0.29) is 16.8 Å². The highest BCUT2D eigenvalue weighted by molar-refractivity contribution is 7.08. The van der Waals surface area contributed by atoms with Gasteiger partial charge in [-0.15, -0.1) is 5.10 Å². The van der Waals surface area contributed by atoms with Crippen molar-refractivity contribution in [2.45, 2.75) is 6.92 Å². The topological polar surface area (TPSA) is 113 Å². The lowest BCUT2D eigenvalue weighted by Crippen LogP contribution is -2.14. The van der Waals surface area contributed by atoms with Gasteiger partial charge in [0.25, 0.3) is 5.91 Å². The van der Waals surface area contributed by atoms with Crippen molar-refractivity contribution >= 4 is 40.6 Å². The van der Waals surface area contributed by atoms with Crippen LogP contribution in [-0.4, -0.2) is 26.5 Å². The fourth-order valence-electron chi connectivity index (χ4n) is 1.45. The third-order valence-electron chi connectivity index (χ3n) is 2.48. The zero-order chi connectivity index (χ0) is 14.7. The number of aryl methyl sites for hydroxylation is 1. The largest absolute Gasteiger partial charge is 0.409 e. The van der Waals surface area contributed by atoms with Gasteiger partial charge < -0.3 is 16.3 Å². The Labute approximate surface area is 123 Å². The maximum atomic E-state index is 12.0. The Hall–Kier alpha value is -2.19. The van der Waals surface area contributed by atoms with Gasteiger partial charge in [0.15, 0.2) is 5.84 Å². The quantitative estimate of drug-likeness (QED) is 0.346. The molecular weight excluding hydrogens is 302 g/mol. The van der Waals surface area contributed by atoms with E-state index in [0.717, 1.165) is 11.5 Å². The number of nitrogens with zero attached hydrogens (tertiary/aromatic N) is 3. The molecule has 1 aromatic heterocycles. The number of halogens is 1. The number of nitrogens with two attached hydrogens (primary N) is 1. The number of oxime groups is 1. The molecule has 1 heterocycles. The van der Waals surface area contributed by atoms with Gasteiger partial charge in [0, 0.05) is 5.56 Å². The van der Waals surface area contributed by atoms with E-state index < -0.39 is 0 Å². The van der Waals surface area contributed by atoms with Crippen LogP contribution in [0.5, 0.6) is 0 Å². The lowest BCUT2D eigenvalue weighted by Gasteiger charge is -2.07. The van der Waals surface area contributed by atoms with Crippen molar-refractivity contribution < 1.29 is 10.0 Å². The molecule has 0 saturated carbocycles. The first-order valence-corrected chi connectivity index (χ1v) is 6.56. The molecule has 0 saturated heterocycles. The van der Waals surface area contributed by atoms with E-state index in [9.17, 15) is 4.79 Å². The molecule has 2 rings (SSSR count). The summed E-state index contributed by atoms with van der Waals surface area (Å²) in [5.41, 5.74) is 6.87. The third kappa shape index (κ3) is 2.86. The Morgan fingerprint density at radius 1 is 1.55 bits per heavy atom. The molecule has 4 N–H and O–H groups in total. The third-order valence-corrected chi connectivity index (χ3v) is 3.62. The van der Waals surface area contributed by atoms with Crippen molar-refractivity contribution in [3.63, 3.8) is 0 Å². The van der Waals surface area contributed by atoms with Gasteiger partial charge in [-0.3, -0.25) is 4.79 Å². The molecular formula is C11H10ClN5O2S. The smallest absolute Gasteiger partial charge is 0.269 e. The lowest BCUT2D eigenvalue weighted by molar-refractivity contribution is 0.103. The Bertz CT molecular complexity index is 685. The summed E-state index contributed by atoms with van der Waals surface area (Å²) in [7, 11) is 0. The van der Waals surface area contributed by atoms with Crippen molar-refractivity contribution in [1.29, 1.82) is 0 Å². The maximum Gasteiger partial charge on any atom is 0.269 e. The summed E-state index contributed by atoms with van der Waals surface area (Å²) in [6.45, 7) is 1.70. The number of amidine groups is 1. The summed E-state index contributed by atoms with van der Waals surface area (Å²) in [6, 6.07) is 4.63. The number of carbonyl (C=O) groups is 1. The van der Waals surface area contributed by atoms with Crippen molar-refractivity contribution in [3.05, 3.63) is 39.4 Å². The fraction of sp³-hybridized carbons (Fsp3) is 0.0909. The summed E-state index contributed by atoms with van der Waals surface area (Å²) in [6.07, 6.45) is 0. The van der Waals surface area contributed by atoms with Crippen molar-refractivity contribution in [1.82, 2.24) is 9.59 Å². The molecule has 104 valence electrons. The van der Waals surface area contributed by atoms with Crippen molar-refractivity contribution in [2.75, 3.05) is 5.32 Å². The first kappa shape index (κ1) is 14.2. The van der Waals surface area contributed by atoms with Crippen LogP contribution in [0.15, 0.2) is 23.4 Å². The average molecular weight is 312 g/mol. The van der Waals surface area contributed by atoms with E-state index >= 15 is 0 Å². The van der Waals surface area contributed by atoms with Crippen molar-refractivity contribution in [2.24, 2.45) is 10.9 Å². The second-order valence-electron chi connectivity index (χ2n) is 3.82. The molecule has 0 atom stereocenters. The molecule has 1 amide bonds. The number of amides is 1. The SMILES string of the molecule is Cc1nnsc1C(=O)Nc1ccc(/C(N)=N/O)cc1Cl. The Balaban J connectivity index is 2.23. The van der Waals surface area contributed by atoms with Gasteiger partial charge >= 0.3 is 0 Å². The minimum absolute atomic E-state index is 0.0627. The van der Waals surface area contributed by atoms with Crippen LogP contribution < -0.4 is 11.1 Å². The van der Waals surface area contributed by atoms with Crippen LogP contribution in [0.3, 0.4) is 0 Å². The summed E-state index contributed by atoms with van der Waals surface area (Å²) in [5, 5.41) is 18.2. The molecule has 0 radical (unpaired) electrons. The molecule has 20 heavy (non-hydrogen) atoms. The van der Waals surface area contributed by atoms with E-state index in [1.165, 1.54) is 6.07 Å². The van der Waals surface area contributed by atoms with Crippen LogP contribution in [-0.2, 0) is 0 Å². The number of hydrogen-bond donors (Lipinski definition) is 3. The highest BCUT2D eigenvalue weighted by Gasteiger charge is 2.15. The zero-order valence-electron chi connectivity index (χ0n) is 10.3. The molecule has 9 heteroatoms. The molecule has 7 nitrogen and oxygen atoms in total. The summed E-state index contributed by atoms with van der Waals surface area (Å²) in [4.78, 5) is 12.4. The molecule has 0 bridgehead atoms. The van der Waals surface area contributed by atoms with Crippen LogP contribution in [0.2, 0.25) is 5.02 Å². The van der Waals surface area contributed by atoms with E-state index in [2.05, 4.69) is 20.1 Å². The summed E-state index contributed by atoms with van der Waals surface area (Å²) in [5.74, 6) is -0.400. The van der Waals surface area contributed by atoms with Gasteiger partial charge in [0.1, 0.15) is 4.88 Å². The number of hydrogen-bond acceptors (Lipinski definition) is 6. The maximum absolute atomic E-state index is 12.0. The molecule has 0 aliphatic carbocycles. The molecule has 1 aromatic carbocycles. The molecule has 0 unspecified atom stereocenters. The van der Waals surface area contributed by atoms with Gasteiger partial charge in [-0.05, 0) is 36.7 Å². The number of rotatable bonds is 3. The van der Waals surface area contributed by atoms with Gasteiger partial charge in [-0.25, -0.2) is 0 Å².